The Morgan fingerprint density at radius 3 is 2.93 bits per heavy atom. The van der Waals surface area contributed by atoms with Gasteiger partial charge in [-0.25, -0.2) is 0 Å². The molecule has 0 radical (unpaired) electrons. The fraction of sp³-hybridized carbons (Fsp3) is 0.364. The number of nitrogens with zero attached hydrogens (tertiary/aromatic N) is 1. The first-order valence-electron chi connectivity index (χ1n) is 4.86. The van der Waals surface area contributed by atoms with Gasteiger partial charge in [0, 0.05) is 23.4 Å². The van der Waals surface area contributed by atoms with Crippen molar-refractivity contribution in [1.29, 1.82) is 0 Å². The summed E-state index contributed by atoms with van der Waals surface area (Å²) in [5.74, 6) is 0.0713. The number of thiophene rings is 1. The molecule has 0 aromatic carbocycles. The lowest BCUT2D eigenvalue weighted by atomic mass is 10.3. The van der Waals surface area contributed by atoms with Gasteiger partial charge in [0.05, 0.1) is 4.88 Å². The van der Waals surface area contributed by atoms with Crippen molar-refractivity contribution in [2.24, 2.45) is 0 Å². The zero-order valence-electron chi connectivity index (χ0n) is 8.77. The first-order valence-corrected chi connectivity index (χ1v) is 6.19. The Labute approximate surface area is 100 Å². The summed E-state index contributed by atoms with van der Waals surface area (Å²) >= 11 is 5.63. The largest absolute Gasteiger partial charge is 0.334 e. The van der Waals surface area contributed by atoms with Crippen LogP contribution >= 0.6 is 24.0 Å². The van der Waals surface area contributed by atoms with Crippen LogP contribution in [0.3, 0.4) is 0 Å². The number of rotatable bonds is 5. The van der Waals surface area contributed by atoms with Gasteiger partial charge in [-0.3, -0.25) is 4.79 Å². The van der Waals surface area contributed by atoms with Crippen LogP contribution in [0.4, 0.5) is 0 Å². The third-order valence-corrected chi connectivity index (χ3v) is 3.28. The lowest BCUT2D eigenvalue weighted by molar-refractivity contribution is 0.0778. The average Bonchev–Trinajstić information content (AvgIpc) is 2.63. The van der Waals surface area contributed by atoms with Crippen molar-refractivity contribution < 1.29 is 4.79 Å². The minimum Gasteiger partial charge on any atom is -0.334 e. The van der Waals surface area contributed by atoms with E-state index >= 15 is 0 Å². The van der Waals surface area contributed by atoms with E-state index in [4.69, 9.17) is 0 Å². The highest BCUT2D eigenvalue weighted by Gasteiger charge is 2.15. The second-order valence-electron chi connectivity index (χ2n) is 3.21. The van der Waals surface area contributed by atoms with E-state index in [0.717, 1.165) is 22.7 Å². The molecule has 0 aliphatic carbocycles. The normalized spacial score (nSPS) is 10.0. The lowest BCUT2D eigenvalue weighted by Gasteiger charge is -2.19. The maximum Gasteiger partial charge on any atom is 0.264 e. The topological polar surface area (TPSA) is 20.3 Å². The molecule has 0 saturated heterocycles. The number of hydrogen-bond donors (Lipinski definition) is 1. The summed E-state index contributed by atoms with van der Waals surface area (Å²) in [6, 6.07) is 1.81. The van der Waals surface area contributed by atoms with E-state index in [-0.39, 0.29) is 5.91 Å². The highest BCUT2D eigenvalue weighted by atomic mass is 32.1. The van der Waals surface area contributed by atoms with E-state index in [1.165, 1.54) is 11.3 Å². The van der Waals surface area contributed by atoms with Crippen molar-refractivity contribution in [2.45, 2.75) is 18.2 Å². The Kier molecular flexibility index (Phi) is 4.91. The van der Waals surface area contributed by atoms with Gasteiger partial charge in [0.2, 0.25) is 0 Å². The predicted molar refractivity (Wildman–Crippen MR) is 68.0 cm³/mol. The Morgan fingerprint density at radius 1 is 1.73 bits per heavy atom. The van der Waals surface area contributed by atoms with Crippen LogP contribution in [-0.2, 0) is 0 Å². The van der Waals surface area contributed by atoms with Crippen molar-refractivity contribution in [3.8, 4) is 0 Å². The molecule has 0 saturated carbocycles. The number of carbonyl (C=O) groups excluding carboxylic acids is 1. The highest BCUT2D eigenvalue weighted by Crippen LogP contribution is 2.19. The molecule has 15 heavy (non-hydrogen) atoms. The molecule has 0 bridgehead atoms. The third-order valence-electron chi connectivity index (χ3n) is 1.93. The maximum absolute atomic E-state index is 12.0. The van der Waals surface area contributed by atoms with E-state index in [9.17, 15) is 4.79 Å². The number of amides is 1. The van der Waals surface area contributed by atoms with Crippen LogP contribution in [0.5, 0.6) is 0 Å². The fourth-order valence-corrected chi connectivity index (χ4v) is 2.41. The van der Waals surface area contributed by atoms with E-state index in [1.807, 2.05) is 11.4 Å². The summed E-state index contributed by atoms with van der Waals surface area (Å²) in [5.41, 5.74) is 0. The van der Waals surface area contributed by atoms with Crippen LogP contribution in [0, 0.1) is 0 Å². The summed E-state index contributed by atoms with van der Waals surface area (Å²) in [6.07, 6.45) is 2.71. The molecule has 2 nitrogen and oxygen atoms in total. The number of thiol groups is 1. The molecule has 4 heteroatoms. The van der Waals surface area contributed by atoms with E-state index in [2.05, 4.69) is 26.1 Å². The second-order valence-corrected chi connectivity index (χ2v) is 4.64. The summed E-state index contributed by atoms with van der Waals surface area (Å²) in [7, 11) is 0. The van der Waals surface area contributed by atoms with Crippen molar-refractivity contribution in [3.05, 3.63) is 29.0 Å². The molecule has 0 aliphatic heterocycles. The smallest absolute Gasteiger partial charge is 0.264 e. The first-order chi connectivity index (χ1) is 7.19. The number of carbonyl (C=O) groups is 1. The Hall–Kier alpha value is -0.740. The van der Waals surface area contributed by atoms with Crippen molar-refractivity contribution in [1.82, 2.24) is 4.90 Å². The summed E-state index contributed by atoms with van der Waals surface area (Å²) in [6.45, 7) is 7.09. The molecule has 0 aliphatic rings. The molecule has 0 N–H and O–H groups in total. The quantitative estimate of drug-likeness (QED) is 0.620. The Morgan fingerprint density at radius 2 is 2.47 bits per heavy atom. The maximum atomic E-state index is 12.0. The molecule has 1 amide bonds. The molecule has 0 spiro atoms. The molecule has 0 unspecified atom stereocenters. The van der Waals surface area contributed by atoms with Crippen molar-refractivity contribution >= 4 is 29.9 Å². The highest BCUT2D eigenvalue weighted by molar-refractivity contribution is 7.80. The third kappa shape index (κ3) is 3.39. The van der Waals surface area contributed by atoms with Gasteiger partial charge >= 0.3 is 0 Å². The van der Waals surface area contributed by atoms with Gasteiger partial charge in [-0.05, 0) is 12.5 Å². The van der Waals surface area contributed by atoms with Gasteiger partial charge in [0.25, 0.3) is 5.91 Å². The predicted octanol–water partition coefficient (Wildman–Crippen LogP) is 3.08. The van der Waals surface area contributed by atoms with Gasteiger partial charge in [-0.2, -0.15) is 0 Å². The molecule has 1 heterocycles. The molecule has 0 atom stereocenters. The minimum absolute atomic E-state index is 0.0713. The molecular weight excluding hydrogens is 226 g/mol. The average molecular weight is 241 g/mol. The second kappa shape index (κ2) is 5.98. The van der Waals surface area contributed by atoms with E-state index in [1.54, 1.807) is 11.0 Å². The van der Waals surface area contributed by atoms with Crippen LogP contribution in [0.25, 0.3) is 0 Å². The minimum atomic E-state index is 0.0713. The van der Waals surface area contributed by atoms with Crippen LogP contribution in [0.1, 0.15) is 23.0 Å². The summed E-state index contributed by atoms with van der Waals surface area (Å²) in [5, 5.41) is 1.87. The SMILES string of the molecule is C=CCN(CCC)C(=O)c1cc(S)cs1. The van der Waals surface area contributed by atoms with E-state index < -0.39 is 0 Å². The molecular formula is C11H15NOS2. The van der Waals surface area contributed by atoms with Gasteiger partial charge < -0.3 is 4.90 Å². The fourth-order valence-electron chi connectivity index (χ4n) is 1.30. The Balaban J connectivity index is 2.75. The first kappa shape index (κ1) is 12.3. The molecule has 1 aromatic heterocycles. The number of hydrogen-bond acceptors (Lipinski definition) is 3. The van der Waals surface area contributed by atoms with Gasteiger partial charge in [0.15, 0.2) is 0 Å². The van der Waals surface area contributed by atoms with Crippen LogP contribution in [-0.4, -0.2) is 23.9 Å². The van der Waals surface area contributed by atoms with Gasteiger partial charge in [-0.15, -0.1) is 30.5 Å². The monoisotopic (exact) mass is 241 g/mol. The summed E-state index contributed by atoms with van der Waals surface area (Å²) in [4.78, 5) is 15.4. The van der Waals surface area contributed by atoms with Crippen molar-refractivity contribution in [3.63, 3.8) is 0 Å². The summed E-state index contributed by atoms with van der Waals surface area (Å²) < 4.78 is 0. The standard InChI is InChI=1S/C11H15NOS2/c1-3-5-12(6-4-2)11(13)10-7-9(14)8-15-10/h3,7-8,14H,1,4-6H2,2H3. The molecule has 0 fully saturated rings. The van der Waals surface area contributed by atoms with Gasteiger partial charge in [0.1, 0.15) is 0 Å². The van der Waals surface area contributed by atoms with Crippen molar-refractivity contribution in [2.75, 3.05) is 13.1 Å². The zero-order chi connectivity index (χ0) is 11.3. The molecule has 82 valence electrons. The zero-order valence-corrected chi connectivity index (χ0v) is 10.5. The molecule has 1 rings (SSSR count). The van der Waals surface area contributed by atoms with Gasteiger partial charge in [-0.1, -0.05) is 13.0 Å². The van der Waals surface area contributed by atoms with Crippen LogP contribution < -0.4 is 0 Å². The molecule has 1 aromatic rings. The van der Waals surface area contributed by atoms with Crippen LogP contribution in [0.15, 0.2) is 29.0 Å². The van der Waals surface area contributed by atoms with Crippen LogP contribution in [0.2, 0.25) is 0 Å². The van der Waals surface area contributed by atoms with E-state index in [0.29, 0.717) is 6.54 Å². The Bertz CT molecular complexity index is 346. The lowest BCUT2D eigenvalue weighted by Crippen LogP contribution is -2.31.